The van der Waals surface area contributed by atoms with Crippen LogP contribution in [0.1, 0.15) is 5.76 Å². The predicted molar refractivity (Wildman–Crippen MR) is 91.2 cm³/mol. The number of rotatable bonds is 5. The highest BCUT2D eigenvalue weighted by molar-refractivity contribution is 7.99. The van der Waals surface area contributed by atoms with Crippen LogP contribution < -0.4 is 11.2 Å². The molecule has 24 heavy (non-hydrogen) atoms. The highest BCUT2D eigenvalue weighted by Gasteiger charge is 2.14. The summed E-state index contributed by atoms with van der Waals surface area (Å²) in [7, 11) is 0. The molecule has 0 aliphatic carbocycles. The largest absolute Gasteiger partial charge is 0.360 e. The minimum Gasteiger partial charge on any atom is -0.360 e. The summed E-state index contributed by atoms with van der Waals surface area (Å²) in [6.45, 7) is 1.74. The van der Waals surface area contributed by atoms with Gasteiger partial charge in [-0.15, -0.1) is 10.2 Å². The maximum atomic E-state index is 11.9. The zero-order valence-corrected chi connectivity index (χ0v) is 14.1. The second kappa shape index (κ2) is 6.93. The summed E-state index contributed by atoms with van der Waals surface area (Å²) in [6.07, 6.45) is 0. The summed E-state index contributed by atoms with van der Waals surface area (Å²) in [5, 5.41) is 15.4. The van der Waals surface area contributed by atoms with Crippen molar-refractivity contribution in [3.8, 4) is 11.4 Å². The topological polar surface area (TPSA) is 112 Å². The molecule has 1 amide bonds. The second-order valence-corrected chi connectivity index (χ2v) is 6.22. The number of nitrogen functional groups attached to an aromatic ring is 1. The van der Waals surface area contributed by atoms with Gasteiger partial charge in [-0.1, -0.05) is 28.5 Å². The molecule has 0 unspecified atom stereocenters. The SMILES string of the molecule is Cc1cc(NC(=O)CSc2nnc(-c3ccc(Cl)cc3)n2N)no1. The van der Waals surface area contributed by atoms with E-state index in [0.717, 1.165) is 5.56 Å². The monoisotopic (exact) mass is 364 g/mol. The molecule has 0 saturated carbocycles. The van der Waals surface area contributed by atoms with Crippen molar-refractivity contribution in [2.45, 2.75) is 12.1 Å². The average molecular weight is 365 g/mol. The maximum Gasteiger partial charge on any atom is 0.236 e. The highest BCUT2D eigenvalue weighted by atomic mass is 35.5. The number of thioether (sulfide) groups is 1. The number of carbonyl (C=O) groups excluding carboxylic acids is 1. The molecule has 1 aromatic carbocycles. The summed E-state index contributed by atoms with van der Waals surface area (Å²) < 4.78 is 6.22. The average Bonchev–Trinajstić information content (AvgIpc) is 3.12. The standard InChI is InChI=1S/C14H13ClN6O2S/c1-8-6-11(20-23-8)17-12(22)7-24-14-19-18-13(21(14)16)9-2-4-10(15)5-3-9/h2-6H,7,16H2,1H3,(H,17,20,22). The lowest BCUT2D eigenvalue weighted by Gasteiger charge is -2.04. The normalized spacial score (nSPS) is 10.8. The molecule has 8 nitrogen and oxygen atoms in total. The van der Waals surface area contributed by atoms with E-state index in [1.54, 1.807) is 37.3 Å². The molecular weight excluding hydrogens is 352 g/mol. The summed E-state index contributed by atoms with van der Waals surface area (Å²) in [6, 6.07) is 8.71. The number of hydrogen-bond acceptors (Lipinski definition) is 7. The summed E-state index contributed by atoms with van der Waals surface area (Å²) in [5.41, 5.74) is 0.781. The van der Waals surface area contributed by atoms with Crippen molar-refractivity contribution in [1.82, 2.24) is 20.0 Å². The third-order valence-corrected chi connectivity index (χ3v) is 4.19. The lowest BCUT2D eigenvalue weighted by molar-refractivity contribution is -0.113. The Kier molecular flexibility index (Phi) is 4.72. The van der Waals surface area contributed by atoms with E-state index >= 15 is 0 Å². The number of hydrogen-bond donors (Lipinski definition) is 2. The number of aryl methyl sites for hydroxylation is 1. The van der Waals surface area contributed by atoms with Gasteiger partial charge < -0.3 is 15.7 Å². The number of anilines is 1. The molecule has 0 atom stereocenters. The first kappa shape index (κ1) is 16.3. The molecule has 3 N–H and O–H groups in total. The van der Waals surface area contributed by atoms with Crippen molar-refractivity contribution in [3.05, 3.63) is 41.1 Å². The van der Waals surface area contributed by atoms with Gasteiger partial charge in [0, 0.05) is 16.7 Å². The molecule has 0 saturated heterocycles. The zero-order chi connectivity index (χ0) is 17.1. The van der Waals surface area contributed by atoms with Crippen LogP contribution in [0.15, 0.2) is 40.0 Å². The first-order valence-corrected chi connectivity index (χ1v) is 8.21. The van der Waals surface area contributed by atoms with Crippen LogP contribution in [0, 0.1) is 6.92 Å². The van der Waals surface area contributed by atoms with Gasteiger partial charge in [0.25, 0.3) is 0 Å². The molecule has 0 bridgehead atoms. The van der Waals surface area contributed by atoms with Gasteiger partial charge in [-0.2, -0.15) is 0 Å². The number of nitrogens with one attached hydrogen (secondary N) is 1. The lowest BCUT2D eigenvalue weighted by atomic mass is 10.2. The van der Waals surface area contributed by atoms with E-state index in [2.05, 4.69) is 20.7 Å². The molecule has 2 aromatic heterocycles. The van der Waals surface area contributed by atoms with Gasteiger partial charge in [-0.25, -0.2) is 4.68 Å². The van der Waals surface area contributed by atoms with Crippen molar-refractivity contribution in [2.75, 3.05) is 16.9 Å². The number of nitrogens with two attached hydrogens (primary N) is 1. The number of amides is 1. The van der Waals surface area contributed by atoms with Crippen molar-refractivity contribution >= 4 is 35.1 Å². The van der Waals surface area contributed by atoms with Crippen molar-refractivity contribution < 1.29 is 9.32 Å². The van der Waals surface area contributed by atoms with Crippen LogP contribution in [0.25, 0.3) is 11.4 Å². The van der Waals surface area contributed by atoms with Crippen LogP contribution in [0.3, 0.4) is 0 Å². The fourth-order valence-corrected chi connectivity index (χ4v) is 2.69. The summed E-state index contributed by atoms with van der Waals surface area (Å²) >= 11 is 7.03. The van der Waals surface area contributed by atoms with Crippen molar-refractivity contribution in [3.63, 3.8) is 0 Å². The quantitative estimate of drug-likeness (QED) is 0.527. The Morgan fingerprint density at radius 1 is 1.38 bits per heavy atom. The van der Waals surface area contributed by atoms with Crippen LogP contribution in [-0.4, -0.2) is 31.7 Å². The minimum atomic E-state index is -0.246. The third-order valence-electron chi connectivity index (χ3n) is 2.99. The van der Waals surface area contributed by atoms with Gasteiger partial charge in [-0.05, 0) is 31.2 Å². The Balaban J connectivity index is 1.63. The smallest absolute Gasteiger partial charge is 0.236 e. The fourth-order valence-electron chi connectivity index (χ4n) is 1.91. The van der Waals surface area contributed by atoms with E-state index in [4.69, 9.17) is 22.0 Å². The van der Waals surface area contributed by atoms with Crippen molar-refractivity contribution in [1.29, 1.82) is 0 Å². The Hall–Kier alpha value is -2.52. The predicted octanol–water partition coefficient (Wildman–Crippen LogP) is 2.34. The van der Waals surface area contributed by atoms with E-state index < -0.39 is 0 Å². The molecule has 0 aliphatic heterocycles. The third kappa shape index (κ3) is 3.69. The molecule has 2 heterocycles. The molecule has 0 fully saturated rings. The van der Waals surface area contributed by atoms with E-state index in [1.807, 2.05) is 0 Å². The van der Waals surface area contributed by atoms with Crippen LogP contribution in [0.4, 0.5) is 5.82 Å². The number of aromatic nitrogens is 4. The number of carbonyl (C=O) groups is 1. The number of benzene rings is 1. The molecule has 0 radical (unpaired) electrons. The first-order valence-electron chi connectivity index (χ1n) is 6.85. The molecule has 0 spiro atoms. The van der Waals surface area contributed by atoms with E-state index in [1.165, 1.54) is 16.4 Å². The van der Waals surface area contributed by atoms with Gasteiger partial charge in [0.2, 0.25) is 11.1 Å². The summed E-state index contributed by atoms with van der Waals surface area (Å²) in [5.74, 6) is 7.34. The lowest BCUT2D eigenvalue weighted by Crippen LogP contribution is -2.16. The Bertz CT molecular complexity index is 861. The molecule has 3 rings (SSSR count). The second-order valence-electron chi connectivity index (χ2n) is 4.84. The number of halogens is 1. The molecular formula is C14H13ClN6O2S. The summed E-state index contributed by atoms with van der Waals surface area (Å²) in [4.78, 5) is 11.9. The zero-order valence-electron chi connectivity index (χ0n) is 12.6. The van der Waals surface area contributed by atoms with E-state index in [0.29, 0.717) is 27.6 Å². The van der Waals surface area contributed by atoms with Gasteiger partial charge in [0.15, 0.2) is 11.6 Å². The van der Waals surface area contributed by atoms with Gasteiger partial charge in [0.05, 0.1) is 5.75 Å². The van der Waals surface area contributed by atoms with Crippen LogP contribution in [0.2, 0.25) is 5.02 Å². The van der Waals surface area contributed by atoms with Gasteiger partial charge >= 0.3 is 0 Å². The van der Waals surface area contributed by atoms with Crippen LogP contribution >= 0.6 is 23.4 Å². The Labute approximate surface area is 146 Å². The first-order chi connectivity index (χ1) is 11.5. The Morgan fingerprint density at radius 2 is 2.12 bits per heavy atom. The molecule has 0 aliphatic rings. The Morgan fingerprint density at radius 3 is 2.79 bits per heavy atom. The number of nitrogens with zero attached hydrogens (tertiary/aromatic N) is 4. The van der Waals surface area contributed by atoms with Crippen LogP contribution in [0.5, 0.6) is 0 Å². The fraction of sp³-hybridized carbons (Fsp3) is 0.143. The van der Waals surface area contributed by atoms with Gasteiger partial charge in [-0.3, -0.25) is 4.79 Å². The molecule has 3 aromatic rings. The van der Waals surface area contributed by atoms with Crippen molar-refractivity contribution in [2.24, 2.45) is 0 Å². The molecule has 10 heteroatoms. The van der Waals surface area contributed by atoms with Gasteiger partial charge in [0.1, 0.15) is 5.76 Å². The van der Waals surface area contributed by atoms with Crippen LogP contribution in [-0.2, 0) is 4.79 Å². The maximum absolute atomic E-state index is 11.9. The minimum absolute atomic E-state index is 0.113. The highest BCUT2D eigenvalue weighted by Crippen LogP contribution is 2.23. The molecule has 124 valence electrons. The van der Waals surface area contributed by atoms with E-state index in [9.17, 15) is 4.79 Å². The van der Waals surface area contributed by atoms with E-state index in [-0.39, 0.29) is 11.7 Å².